The van der Waals surface area contributed by atoms with Crippen LogP contribution in [0.4, 0.5) is 5.95 Å². The Morgan fingerprint density at radius 1 is 1.28 bits per heavy atom. The van der Waals surface area contributed by atoms with Gasteiger partial charge in [-0.2, -0.15) is 26.7 Å². The third kappa shape index (κ3) is 3.88. The summed E-state index contributed by atoms with van der Waals surface area (Å²) in [5, 5.41) is 0.197. The first kappa shape index (κ1) is 13.7. The SMILES string of the molecule is CCCOc1nc(Cl)nc(N2CCCSCC2)n1. The molecule has 1 fully saturated rings. The molecule has 1 aliphatic rings. The first-order chi connectivity index (χ1) is 8.79. The summed E-state index contributed by atoms with van der Waals surface area (Å²) < 4.78 is 5.42. The fourth-order valence-corrected chi connectivity index (χ4v) is 2.70. The summed E-state index contributed by atoms with van der Waals surface area (Å²) in [5.41, 5.74) is 0. The maximum Gasteiger partial charge on any atom is 0.322 e. The third-order valence-corrected chi connectivity index (χ3v) is 3.73. The molecule has 7 heteroatoms. The van der Waals surface area contributed by atoms with Gasteiger partial charge in [-0.15, -0.1) is 0 Å². The van der Waals surface area contributed by atoms with Crippen molar-refractivity contribution in [3.8, 4) is 6.01 Å². The van der Waals surface area contributed by atoms with Crippen LogP contribution in [0.25, 0.3) is 0 Å². The predicted octanol–water partition coefficient (Wildman–Crippen LogP) is 2.26. The van der Waals surface area contributed by atoms with E-state index in [0.29, 0.717) is 18.6 Å². The quantitative estimate of drug-likeness (QED) is 0.847. The van der Waals surface area contributed by atoms with E-state index in [9.17, 15) is 0 Å². The van der Waals surface area contributed by atoms with E-state index < -0.39 is 0 Å². The number of thioether (sulfide) groups is 1. The van der Waals surface area contributed by atoms with Crippen molar-refractivity contribution in [1.29, 1.82) is 0 Å². The Hall–Kier alpha value is -0.750. The molecular weight excluding hydrogens is 272 g/mol. The van der Waals surface area contributed by atoms with Crippen molar-refractivity contribution in [3.63, 3.8) is 0 Å². The minimum Gasteiger partial charge on any atom is -0.463 e. The van der Waals surface area contributed by atoms with Crippen LogP contribution >= 0.6 is 23.4 Å². The predicted molar refractivity (Wildman–Crippen MR) is 74.8 cm³/mol. The topological polar surface area (TPSA) is 51.1 Å². The highest BCUT2D eigenvalue weighted by Gasteiger charge is 2.15. The van der Waals surface area contributed by atoms with Crippen molar-refractivity contribution in [2.24, 2.45) is 0 Å². The van der Waals surface area contributed by atoms with Crippen LogP contribution in [-0.4, -0.2) is 46.2 Å². The smallest absolute Gasteiger partial charge is 0.322 e. The molecule has 0 bridgehead atoms. The molecule has 1 aromatic rings. The summed E-state index contributed by atoms with van der Waals surface area (Å²) in [4.78, 5) is 14.6. The lowest BCUT2D eigenvalue weighted by atomic mass is 10.4. The van der Waals surface area contributed by atoms with Gasteiger partial charge in [-0.05, 0) is 30.2 Å². The Bertz CT molecular complexity index is 385. The molecule has 1 saturated heterocycles. The molecule has 100 valence electrons. The Balaban J connectivity index is 2.12. The van der Waals surface area contributed by atoms with Gasteiger partial charge < -0.3 is 9.64 Å². The first-order valence-electron chi connectivity index (χ1n) is 6.16. The number of rotatable bonds is 4. The van der Waals surface area contributed by atoms with Crippen molar-refractivity contribution in [2.45, 2.75) is 19.8 Å². The minimum absolute atomic E-state index is 0.197. The highest BCUT2D eigenvalue weighted by atomic mass is 35.5. The summed E-state index contributed by atoms with van der Waals surface area (Å²) in [7, 11) is 0. The number of ether oxygens (including phenoxy) is 1. The maximum atomic E-state index is 5.91. The van der Waals surface area contributed by atoms with E-state index in [0.717, 1.165) is 31.7 Å². The van der Waals surface area contributed by atoms with Crippen molar-refractivity contribution in [3.05, 3.63) is 5.28 Å². The largest absolute Gasteiger partial charge is 0.463 e. The van der Waals surface area contributed by atoms with Gasteiger partial charge in [0, 0.05) is 18.8 Å². The maximum absolute atomic E-state index is 5.91. The van der Waals surface area contributed by atoms with Gasteiger partial charge in [0.2, 0.25) is 11.2 Å². The van der Waals surface area contributed by atoms with Gasteiger partial charge in [0.15, 0.2) is 0 Å². The number of aromatic nitrogens is 3. The van der Waals surface area contributed by atoms with Gasteiger partial charge in [0.05, 0.1) is 6.61 Å². The summed E-state index contributed by atoms with van der Waals surface area (Å²) in [6.45, 7) is 4.53. The molecule has 18 heavy (non-hydrogen) atoms. The molecule has 1 aromatic heterocycles. The van der Waals surface area contributed by atoms with Crippen LogP contribution in [0.1, 0.15) is 19.8 Å². The van der Waals surface area contributed by atoms with Gasteiger partial charge in [0.25, 0.3) is 0 Å². The van der Waals surface area contributed by atoms with Crippen LogP contribution in [0.2, 0.25) is 5.28 Å². The standard InChI is InChI=1S/C11H17ClN4OS/c1-2-6-17-11-14-9(12)13-10(15-11)16-4-3-7-18-8-5-16/h2-8H2,1H3. The van der Waals surface area contributed by atoms with E-state index in [4.69, 9.17) is 16.3 Å². The molecule has 0 N–H and O–H groups in total. The number of hydrogen-bond donors (Lipinski definition) is 0. The van der Waals surface area contributed by atoms with Gasteiger partial charge in [-0.3, -0.25) is 0 Å². The van der Waals surface area contributed by atoms with E-state index in [2.05, 4.69) is 19.9 Å². The van der Waals surface area contributed by atoms with E-state index >= 15 is 0 Å². The van der Waals surface area contributed by atoms with E-state index in [-0.39, 0.29) is 5.28 Å². The molecule has 0 amide bonds. The second-order valence-corrected chi connectivity index (χ2v) is 5.55. The van der Waals surface area contributed by atoms with Crippen LogP contribution in [0.15, 0.2) is 0 Å². The van der Waals surface area contributed by atoms with Crippen LogP contribution in [0.5, 0.6) is 6.01 Å². The zero-order valence-corrected chi connectivity index (χ0v) is 12.0. The highest BCUT2D eigenvalue weighted by Crippen LogP contribution is 2.18. The Kier molecular flexibility index (Phi) is 5.31. The Morgan fingerprint density at radius 3 is 3.00 bits per heavy atom. The van der Waals surface area contributed by atoms with E-state index in [1.165, 1.54) is 5.75 Å². The molecule has 0 aromatic carbocycles. The van der Waals surface area contributed by atoms with Crippen LogP contribution < -0.4 is 9.64 Å². The normalized spacial score (nSPS) is 16.4. The lowest BCUT2D eigenvalue weighted by Crippen LogP contribution is -2.27. The lowest BCUT2D eigenvalue weighted by molar-refractivity contribution is 0.291. The van der Waals surface area contributed by atoms with Crippen LogP contribution in [0, 0.1) is 0 Å². The van der Waals surface area contributed by atoms with Gasteiger partial charge in [0.1, 0.15) is 0 Å². The Labute approximate surface area is 116 Å². The molecule has 5 nitrogen and oxygen atoms in total. The molecule has 0 aliphatic carbocycles. The second-order valence-electron chi connectivity index (χ2n) is 3.99. The average molecular weight is 289 g/mol. The summed E-state index contributed by atoms with van der Waals surface area (Å²) >= 11 is 7.87. The molecule has 2 heterocycles. The molecule has 1 aliphatic heterocycles. The van der Waals surface area contributed by atoms with Crippen molar-refractivity contribution in [1.82, 2.24) is 15.0 Å². The van der Waals surface area contributed by atoms with Crippen LogP contribution in [-0.2, 0) is 0 Å². The number of halogens is 1. The molecular formula is C11H17ClN4OS. The zero-order chi connectivity index (χ0) is 12.8. The summed E-state index contributed by atoms with van der Waals surface area (Å²) in [6, 6.07) is 0.323. The van der Waals surface area contributed by atoms with Crippen molar-refractivity contribution < 1.29 is 4.74 Å². The van der Waals surface area contributed by atoms with E-state index in [1.807, 2.05) is 18.7 Å². The highest BCUT2D eigenvalue weighted by molar-refractivity contribution is 7.99. The van der Waals surface area contributed by atoms with Gasteiger partial charge in [-0.25, -0.2) is 0 Å². The molecule has 0 unspecified atom stereocenters. The summed E-state index contributed by atoms with van der Waals surface area (Å²) in [5.74, 6) is 2.91. The van der Waals surface area contributed by atoms with E-state index in [1.54, 1.807) is 0 Å². The average Bonchev–Trinajstić information content (AvgIpc) is 2.64. The van der Waals surface area contributed by atoms with Crippen molar-refractivity contribution >= 4 is 29.3 Å². The molecule has 0 spiro atoms. The monoisotopic (exact) mass is 288 g/mol. The fourth-order valence-electron chi connectivity index (χ4n) is 1.67. The van der Waals surface area contributed by atoms with Crippen molar-refractivity contribution in [2.75, 3.05) is 36.1 Å². The zero-order valence-electron chi connectivity index (χ0n) is 10.4. The Morgan fingerprint density at radius 2 is 2.17 bits per heavy atom. The molecule has 0 radical (unpaired) electrons. The number of anilines is 1. The van der Waals surface area contributed by atoms with Gasteiger partial charge in [-0.1, -0.05) is 6.92 Å². The molecule has 0 saturated carbocycles. The number of hydrogen-bond acceptors (Lipinski definition) is 6. The number of nitrogens with zero attached hydrogens (tertiary/aromatic N) is 4. The lowest BCUT2D eigenvalue weighted by Gasteiger charge is -2.19. The van der Waals surface area contributed by atoms with Gasteiger partial charge >= 0.3 is 6.01 Å². The summed E-state index contributed by atoms with van der Waals surface area (Å²) in [6.07, 6.45) is 2.05. The molecule has 0 atom stereocenters. The minimum atomic E-state index is 0.197. The third-order valence-electron chi connectivity index (χ3n) is 2.52. The van der Waals surface area contributed by atoms with Crippen LogP contribution in [0.3, 0.4) is 0 Å². The first-order valence-corrected chi connectivity index (χ1v) is 7.70. The fraction of sp³-hybridized carbons (Fsp3) is 0.727. The molecule has 2 rings (SSSR count). The second kappa shape index (κ2) is 6.99.